The first-order valence-electron chi connectivity index (χ1n) is 13.0. The highest BCUT2D eigenvalue weighted by Crippen LogP contribution is 2.23. The Morgan fingerprint density at radius 2 is 1.53 bits per heavy atom. The predicted molar refractivity (Wildman–Crippen MR) is 148 cm³/mol. The minimum Gasteiger partial charge on any atom is -0.497 e. The van der Waals surface area contributed by atoms with E-state index in [1.807, 2.05) is 24.3 Å². The van der Waals surface area contributed by atoms with Crippen molar-refractivity contribution < 1.29 is 27.5 Å². The normalized spacial score (nSPS) is 14.5. The van der Waals surface area contributed by atoms with Gasteiger partial charge >= 0.3 is 0 Å². The summed E-state index contributed by atoms with van der Waals surface area (Å²) in [6.07, 6.45) is 5.64. The number of carbonyl (C=O) groups excluding carboxylic acids is 2. The maximum absolute atomic E-state index is 13.4. The molecule has 0 radical (unpaired) electrons. The SMILES string of the molecule is COc1ccc(CN(C(=O)CCCN(c2ccc(OC)cc2)S(C)(=O)=O)[C@@H](C)C(=O)NC2CCCC2)cc1. The maximum Gasteiger partial charge on any atom is 0.242 e. The van der Waals surface area contributed by atoms with Crippen LogP contribution in [0.1, 0.15) is 51.0 Å². The first-order chi connectivity index (χ1) is 18.1. The summed E-state index contributed by atoms with van der Waals surface area (Å²) in [4.78, 5) is 28.1. The summed E-state index contributed by atoms with van der Waals surface area (Å²) in [6, 6.07) is 13.6. The average Bonchev–Trinajstić information content (AvgIpc) is 3.42. The predicted octanol–water partition coefficient (Wildman–Crippen LogP) is 3.73. The van der Waals surface area contributed by atoms with E-state index in [-0.39, 0.29) is 37.4 Å². The molecule has 9 nitrogen and oxygen atoms in total. The van der Waals surface area contributed by atoms with Gasteiger partial charge in [-0.05, 0) is 68.1 Å². The van der Waals surface area contributed by atoms with Crippen molar-refractivity contribution in [3.63, 3.8) is 0 Å². The number of carbonyl (C=O) groups is 2. The van der Waals surface area contributed by atoms with E-state index in [0.29, 0.717) is 23.6 Å². The average molecular weight is 546 g/mol. The van der Waals surface area contributed by atoms with Crippen molar-refractivity contribution in [1.82, 2.24) is 10.2 Å². The third kappa shape index (κ3) is 8.11. The molecule has 10 heteroatoms. The minimum absolute atomic E-state index is 0.0966. The Morgan fingerprint density at radius 1 is 0.974 bits per heavy atom. The van der Waals surface area contributed by atoms with Gasteiger partial charge in [0.05, 0.1) is 26.2 Å². The minimum atomic E-state index is -3.56. The van der Waals surface area contributed by atoms with Gasteiger partial charge in [0.2, 0.25) is 21.8 Å². The lowest BCUT2D eigenvalue weighted by Crippen LogP contribution is -2.49. The second-order valence-electron chi connectivity index (χ2n) is 9.67. The largest absolute Gasteiger partial charge is 0.497 e. The molecule has 0 aromatic heterocycles. The second-order valence-corrected chi connectivity index (χ2v) is 11.6. The monoisotopic (exact) mass is 545 g/mol. The molecule has 0 saturated heterocycles. The molecule has 3 rings (SSSR count). The molecule has 2 aromatic carbocycles. The molecule has 0 bridgehead atoms. The Labute approximate surface area is 226 Å². The Bertz CT molecular complexity index is 1160. The van der Waals surface area contributed by atoms with Crippen molar-refractivity contribution >= 4 is 27.5 Å². The zero-order chi connectivity index (χ0) is 27.7. The van der Waals surface area contributed by atoms with Crippen LogP contribution in [0.2, 0.25) is 0 Å². The summed E-state index contributed by atoms with van der Waals surface area (Å²) >= 11 is 0. The van der Waals surface area contributed by atoms with Gasteiger partial charge in [0.1, 0.15) is 17.5 Å². The summed E-state index contributed by atoms with van der Waals surface area (Å²) in [5, 5.41) is 3.09. The second kappa shape index (κ2) is 13.5. The zero-order valence-electron chi connectivity index (χ0n) is 22.7. The molecule has 1 saturated carbocycles. The van der Waals surface area contributed by atoms with E-state index in [4.69, 9.17) is 9.47 Å². The number of rotatable bonds is 13. The summed E-state index contributed by atoms with van der Waals surface area (Å²) in [7, 11) is -0.430. The Hall–Kier alpha value is -3.27. The van der Waals surface area contributed by atoms with Gasteiger partial charge < -0.3 is 19.7 Å². The lowest BCUT2D eigenvalue weighted by molar-refractivity contribution is -0.141. The van der Waals surface area contributed by atoms with Crippen LogP contribution in [0.3, 0.4) is 0 Å². The molecular weight excluding hydrogens is 506 g/mol. The van der Waals surface area contributed by atoms with Crippen LogP contribution in [0.5, 0.6) is 11.5 Å². The van der Waals surface area contributed by atoms with Crippen molar-refractivity contribution in [2.24, 2.45) is 0 Å². The molecule has 1 N–H and O–H groups in total. The highest BCUT2D eigenvalue weighted by molar-refractivity contribution is 7.92. The fraction of sp³-hybridized carbons (Fsp3) is 0.500. The number of benzene rings is 2. The molecule has 0 spiro atoms. The molecule has 2 aromatic rings. The van der Waals surface area contributed by atoms with E-state index in [1.165, 1.54) is 4.31 Å². The van der Waals surface area contributed by atoms with E-state index in [0.717, 1.165) is 37.5 Å². The van der Waals surface area contributed by atoms with Crippen LogP contribution < -0.4 is 19.1 Å². The summed E-state index contributed by atoms with van der Waals surface area (Å²) < 4.78 is 36.6. The summed E-state index contributed by atoms with van der Waals surface area (Å²) in [6.45, 7) is 2.14. The third-order valence-electron chi connectivity index (χ3n) is 6.89. The van der Waals surface area contributed by atoms with Crippen molar-refractivity contribution in [3.05, 3.63) is 54.1 Å². The number of amides is 2. The fourth-order valence-electron chi connectivity index (χ4n) is 4.65. The molecule has 1 aliphatic carbocycles. The van der Waals surface area contributed by atoms with Crippen molar-refractivity contribution in [2.75, 3.05) is 31.3 Å². The van der Waals surface area contributed by atoms with E-state index >= 15 is 0 Å². The number of nitrogens with zero attached hydrogens (tertiary/aromatic N) is 2. The quantitative estimate of drug-likeness (QED) is 0.411. The van der Waals surface area contributed by atoms with Gasteiger partial charge in [-0.3, -0.25) is 13.9 Å². The van der Waals surface area contributed by atoms with Crippen LogP contribution in [0.15, 0.2) is 48.5 Å². The Balaban J connectivity index is 1.71. The summed E-state index contributed by atoms with van der Waals surface area (Å²) in [5.41, 5.74) is 1.37. The topological polar surface area (TPSA) is 105 Å². The summed E-state index contributed by atoms with van der Waals surface area (Å²) in [5.74, 6) is 0.947. The van der Waals surface area contributed by atoms with E-state index < -0.39 is 16.1 Å². The first kappa shape index (κ1) is 29.3. The molecule has 0 heterocycles. The standard InChI is InChI=1S/C28H39N3O6S/c1-21(28(33)29-23-8-5-6-9-23)30(20-22-11-15-25(36-2)16-12-22)27(32)10-7-19-31(38(4,34)35)24-13-17-26(37-3)18-14-24/h11-18,21,23H,5-10,19-20H2,1-4H3,(H,29,33)/t21-/m0/s1. The van der Waals surface area contributed by atoms with Gasteiger partial charge in [-0.25, -0.2) is 8.42 Å². The zero-order valence-corrected chi connectivity index (χ0v) is 23.5. The lowest BCUT2D eigenvalue weighted by atomic mass is 10.1. The number of methoxy groups -OCH3 is 2. The van der Waals surface area contributed by atoms with Gasteiger partial charge in [-0.2, -0.15) is 0 Å². The molecule has 38 heavy (non-hydrogen) atoms. The highest BCUT2D eigenvalue weighted by Gasteiger charge is 2.28. The van der Waals surface area contributed by atoms with E-state index in [1.54, 1.807) is 50.3 Å². The molecule has 208 valence electrons. The number of nitrogens with one attached hydrogen (secondary N) is 1. The number of sulfonamides is 1. The van der Waals surface area contributed by atoms with Crippen molar-refractivity contribution in [3.8, 4) is 11.5 Å². The van der Waals surface area contributed by atoms with Crippen LogP contribution in [0.4, 0.5) is 5.69 Å². The molecule has 1 fully saturated rings. The van der Waals surface area contributed by atoms with Crippen LogP contribution in [0, 0.1) is 0 Å². The molecule has 2 amide bonds. The lowest BCUT2D eigenvalue weighted by Gasteiger charge is -2.30. The van der Waals surface area contributed by atoms with E-state index in [2.05, 4.69) is 5.32 Å². The Morgan fingerprint density at radius 3 is 2.05 bits per heavy atom. The number of ether oxygens (including phenoxy) is 2. The Kier molecular flexibility index (Phi) is 10.4. The van der Waals surface area contributed by atoms with Gasteiger partial charge in [-0.1, -0.05) is 25.0 Å². The smallest absolute Gasteiger partial charge is 0.242 e. The molecule has 1 aliphatic rings. The molecule has 1 atom stereocenters. The van der Waals surface area contributed by atoms with Crippen molar-refractivity contribution in [2.45, 2.75) is 64.1 Å². The van der Waals surface area contributed by atoms with Crippen LogP contribution in [-0.2, 0) is 26.2 Å². The number of anilines is 1. The number of hydrogen-bond donors (Lipinski definition) is 1. The molecular formula is C28H39N3O6S. The fourth-order valence-corrected chi connectivity index (χ4v) is 5.62. The molecule has 0 aliphatic heterocycles. The van der Waals surface area contributed by atoms with Gasteiger partial charge in [0, 0.05) is 25.6 Å². The number of hydrogen-bond acceptors (Lipinski definition) is 6. The van der Waals surface area contributed by atoms with Crippen LogP contribution in [-0.4, -0.2) is 64.2 Å². The van der Waals surface area contributed by atoms with E-state index in [9.17, 15) is 18.0 Å². The van der Waals surface area contributed by atoms with Crippen molar-refractivity contribution in [1.29, 1.82) is 0 Å². The van der Waals surface area contributed by atoms with Gasteiger partial charge in [0.25, 0.3) is 0 Å². The first-order valence-corrected chi connectivity index (χ1v) is 14.8. The third-order valence-corrected chi connectivity index (χ3v) is 8.09. The van der Waals surface area contributed by atoms with Crippen LogP contribution in [0.25, 0.3) is 0 Å². The van der Waals surface area contributed by atoms with Gasteiger partial charge in [-0.15, -0.1) is 0 Å². The highest BCUT2D eigenvalue weighted by atomic mass is 32.2. The van der Waals surface area contributed by atoms with Gasteiger partial charge in [0.15, 0.2) is 0 Å². The van der Waals surface area contributed by atoms with Crippen LogP contribution >= 0.6 is 0 Å². The molecule has 0 unspecified atom stereocenters. The maximum atomic E-state index is 13.4.